The fourth-order valence-corrected chi connectivity index (χ4v) is 2.69. The minimum atomic E-state index is -2.13. The molecule has 0 spiro atoms. The summed E-state index contributed by atoms with van der Waals surface area (Å²) in [6.45, 7) is 0. The summed E-state index contributed by atoms with van der Waals surface area (Å²) >= 11 is 5.97. The van der Waals surface area contributed by atoms with Crippen molar-refractivity contribution in [3.63, 3.8) is 0 Å². The largest absolute Gasteiger partial charge is 0.463 e. The fourth-order valence-electron chi connectivity index (χ4n) is 2.50. The Bertz CT molecular complexity index is 670. The van der Waals surface area contributed by atoms with Crippen LogP contribution in [0.2, 0.25) is 5.02 Å². The summed E-state index contributed by atoms with van der Waals surface area (Å²) in [5, 5.41) is 12.1. The number of halogens is 1. The van der Waals surface area contributed by atoms with Crippen LogP contribution in [0.25, 0.3) is 5.57 Å². The second-order valence-electron chi connectivity index (χ2n) is 4.68. The number of nitro groups is 1. The third kappa shape index (κ3) is 2.51. The molecule has 2 unspecified atom stereocenters. The molecule has 0 amide bonds. The maximum atomic E-state index is 12.1. The van der Waals surface area contributed by atoms with Gasteiger partial charge in [-0.05, 0) is 23.3 Å². The lowest BCUT2D eigenvalue weighted by Gasteiger charge is -2.31. The van der Waals surface area contributed by atoms with Crippen molar-refractivity contribution in [3.05, 3.63) is 63.2 Å². The van der Waals surface area contributed by atoms with Crippen LogP contribution in [0.5, 0.6) is 0 Å². The van der Waals surface area contributed by atoms with Crippen LogP contribution < -0.4 is 0 Å². The summed E-state index contributed by atoms with van der Waals surface area (Å²) in [6.07, 6.45) is 3.16. The van der Waals surface area contributed by atoms with Crippen LogP contribution >= 0.6 is 11.6 Å². The van der Waals surface area contributed by atoms with E-state index in [-0.39, 0.29) is 0 Å². The molecule has 0 aromatic heterocycles. The number of rotatable bonds is 4. The Labute approximate surface area is 132 Å². The van der Waals surface area contributed by atoms with Gasteiger partial charge in [0.25, 0.3) is 0 Å². The second-order valence-corrected chi connectivity index (χ2v) is 5.12. The van der Waals surface area contributed by atoms with E-state index in [0.717, 1.165) is 7.11 Å². The normalized spacial score (nSPS) is 23.8. The molecule has 1 aliphatic rings. The summed E-state index contributed by atoms with van der Waals surface area (Å²) in [5.74, 6) is -0.992. The molecule has 1 aromatic rings. The highest BCUT2D eigenvalue weighted by atomic mass is 35.5. The van der Waals surface area contributed by atoms with Crippen molar-refractivity contribution in [1.82, 2.24) is 0 Å². The number of allylic oxidation sites excluding steroid dienone is 2. The molecule has 2 atom stereocenters. The first kappa shape index (κ1) is 16.2. The highest BCUT2D eigenvalue weighted by Gasteiger charge is 2.60. The monoisotopic (exact) mass is 323 g/mol. The Balaban J connectivity index is 2.59. The van der Waals surface area contributed by atoms with Crippen LogP contribution in [0.15, 0.2) is 42.5 Å². The molecule has 0 radical (unpaired) electrons. The number of carbonyl (C=O) groups excluding carboxylic acids is 1. The van der Waals surface area contributed by atoms with Crippen LogP contribution in [0.3, 0.4) is 0 Å². The molecule has 0 saturated carbocycles. The molecule has 0 bridgehead atoms. The zero-order chi connectivity index (χ0) is 16.3. The van der Waals surface area contributed by atoms with E-state index < -0.39 is 22.5 Å². The van der Waals surface area contributed by atoms with Gasteiger partial charge in [0.05, 0.1) is 7.11 Å². The van der Waals surface area contributed by atoms with Crippen molar-refractivity contribution >= 4 is 23.1 Å². The Kier molecular flexibility index (Phi) is 4.63. The SMILES string of the molecule is COC(=O)C1([N+](=O)[O-])C=CC=C(c2cccc(Cl)c2)C1OC. The highest BCUT2D eigenvalue weighted by molar-refractivity contribution is 6.30. The van der Waals surface area contributed by atoms with E-state index in [4.69, 9.17) is 16.3 Å². The van der Waals surface area contributed by atoms with E-state index in [0.29, 0.717) is 16.2 Å². The van der Waals surface area contributed by atoms with Crippen molar-refractivity contribution in [2.45, 2.75) is 11.6 Å². The van der Waals surface area contributed by atoms with Crippen molar-refractivity contribution in [2.75, 3.05) is 14.2 Å². The molecule has 0 N–H and O–H groups in total. The number of benzene rings is 1. The Morgan fingerprint density at radius 2 is 2.14 bits per heavy atom. The fraction of sp³-hybridized carbons (Fsp3) is 0.267. The smallest absolute Gasteiger partial charge is 0.392 e. The first-order valence-corrected chi connectivity index (χ1v) is 6.76. The lowest BCUT2D eigenvalue weighted by molar-refractivity contribution is -0.550. The van der Waals surface area contributed by atoms with Crippen molar-refractivity contribution < 1.29 is 19.2 Å². The van der Waals surface area contributed by atoms with Gasteiger partial charge in [-0.1, -0.05) is 35.9 Å². The summed E-state index contributed by atoms with van der Waals surface area (Å²) in [6, 6.07) is 6.80. The number of carbonyl (C=O) groups is 1. The molecular weight excluding hydrogens is 310 g/mol. The van der Waals surface area contributed by atoms with Crippen molar-refractivity contribution in [3.8, 4) is 0 Å². The van der Waals surface area contributed by atoms with Gasteiger partial charge in [0.1, 0.15) is 0 Å². The van der Waals surface area contributed by atoms with Crippen LogP contribution in [-0.2, 0) is 14.3 Å². The Morgan fingerprint density at radius 1 is 1.41 bits per heavy atom. The lowest BCUT2D eigenvalue weighted by atomic mass is 9.81. The topological polar surface area (TPSA) is 78.7 Å². The third-order valence-electron chi connectivity index (χ3n) is 3.52. The average Bonchev–Trinajstić information content (AvgIpc) is 2.52. The van der Waals surface area contributed by atoms with Crippen LogP contribution in [0.4, 0.5) is 0 Å². The lowest BCUT2D eigenvalue weighted by Crippen LogP contribution is -2.56. The van der Waals surface area contributed by atoms with Crippen LogP contribution in [0, 0.1) is 10.1 Å². The molecule has 6 nitrogen and oxygen atoms in total. The van der Waals surface area contributed by atoms with E-state index in [1.807, 2.05) is 0 Å². The maximum Gasteiger partial charge on any atom is 0.392 e. The van der Waals surface area contributed by atoms with E-state index in [1.54, 1.807) is 30.3 Å². The predicted molar refractivity (Wildman–Crippen MR) is 81.1 cm³/mol. The number of methoxy groups -OCH3 is 2. The van der Waals surface area contributed by atoms with Gasteiger partial charge >= 0.3 is 11.5 Å². The Hall–Kier alpha value is -2.18. The first-order chi connectivity index (χ1) is 10.5. The molecule has 0 saturated heterocycles. The molecule has 22 heavy (non-hydrogen) atoms. The van der Waals surface area contributed by atoms with Gasteiger partial charge in [-0.25, -0.2) is 4.79 Å². The molecule has 1 aromatic carbocycles. The molecule has 2 rings (SSSR count). The summed E-state index contributed by atoms with van der Waals surface area (Å²) in [7, 11) is 2.41. The van der Waals surface area contributed by atoms with E-state index >= 15 is 0 Å². The summed E-state index contributed by atoms with van der Waals surface area (Å²) in [4.78, 5) is 23.0. The Morgan fingerprint density at radius 3 is 2.68 bits per heavy atom. The van der Waals surface area contributed by atoms with Gasteiger partial charge in [-0.3, -0.25) is 10.1 Å². The predicted octanol–water partition coefficient (Wildman–Crippen LogP) is 2.50. The summed E-state index contributed by atoms with van der Waals surface area (Å²) < 4.78 is 9.92. The van der Waals surface area contributed by atoms with E-state index in [9.17, 15) is 14.9 Å². The minimum Gasteiger partial charge on any atom is -0.463 e. The first-order valence-electron chi connectivity index (χ1n) is 6.38. The van der Waals surface area contributed by atoms with Gasteiger partial charge in [0.2, 0.25) is 0 Å². The number of nitrogens with zero attached hydrogens (tertiary/aromatic N) is 1. The standard InChI is InChI=1S/C15H14ClNO5/c1-21-13-12(10-5-3-6-11(16)9-10)7-4-8-15(13,17(19)20)14(18)22-2/h3-9,13H,1-2H3. The molecular formula is C15H14ClNO5. The number of ether oxygens (including phenoxy) is 2. The van der Waals surface area contributed by atoms with Crippen molar-refractivity contribution in [1.29, 1.82) is 0 Å². The van der Waals surface area contributed by atoms with E-state index in [2.05, 4.69) is 4.74 Å². The molecule has 0 aliphatic heterocycles. The maximum absolute atomic E-state index is 12.1. The van der Waals surface area contributed by atoms with Gasteiger partial charge in [-0.15, -0.1) is 0 Å². The molecule has 1 aliphatic carbocycles. The number of hydrogen-bond donors (Lipinski definition) is 0. The van der Waals surface area contributed by atoms with Gasteiger partial charge in [0, 0.05) is 23.1 Å². The summed E-state index contributed by atoms with van der Waals surface area (Å²) in [5.41, 5.74) is -1.01. The number of hydrogen-bond acceptors (Lipinski definition) is 5. The van der Waals surface area contributed by atoms with Gasteiger partial charge in [-0.2, -0.15) is 0 Å². The molecule has 116 valence electrons. The molecule has 0 heterocycles. The van der Waals surface area contributed by atoms with Gasteiger partial charge in [0.15, 0.2) is 6.10 Å². The zero-order valence-electron chi connectivity index (χ0n) is 12.0. The zero-order valence-corrected chi connectivity index (χ0v) is 12.7. The molecule has 7 heteroatoms. The third-order valence-corrected chi connectivity index (χ3v) is 3.75. The van der Waals surface area contributed by atoms with Crippen molar-refractivity contribution in [2.24, 2.45) is 0 Å². The molecule has 0 fully saturated rings. The van der Waals surface area contributed by atoms with E-state index in [1.165, 1.54) is 19.3 Å². The quantitative estimate of drug-likeness (QED) is 0.483. The second kappa shape index (κ2) is 6.29. The van der Waals surface area contributed by atoms with Gasteiger partial charge < -0.3 is 9.47 Å². The minimum absolute atomic E-state index is 0.479. The van der Waals surface area contributed by atoms with Crippen LogP contribution in [-0.4, -0.2) is 36.8 Å². The highest BCUT2D eigenvalue weighted by Crippen LogP contribution is 2.36. The van der Waals surface area contributed by atoms with Crippen LogP contribution in [0.1, 0.15) is 5.56 Å². The number of esters is 1. The average molecular weight is 324 g/mol.